The maximum Gasteiger partial charge on any atom is 0.250 e. The molecular formula is C11H16BrNO3. The van der Waals surface area contributed by atoms with E-state index in [-0.39, 0.29) is 24.8 Å². The van der Waals surface area contributed by atoms with E-state index >= 15 is 0 Å². The quantitative estimate of drug-likeness (QED) is 0.891. The van der Waals surface area contributed by atoms with Crippen molar-refractivity contribution in [2.45, 2.75) is 32.6 Å². The fraction of sp³-hybridized carbons (Fsp3) is 0.545. The number of hydrogen-bond donors (Lipinski definition) is 1. The van der Waals surface area contributed by atoms with Crippen molar-refractivity contribution in [2.24, 2.45) is 0 Å². The fourth-order valence-corrected chi connectivity index (χ4v) is 1.61. The molecule has 1 aromatic heterocycles. The Morgan fingerprint density at radius 1 is 1.50 bits per heavy atom. The third-order valence-corrected chi connectivity index (χ3v) is 2.45. The monoisotopic (exact) mass is 289 g/mol. The molecule has 90 valence electrons. The Labute approximate surface area is 103 Å². The van der Waals surface area contributed by atoms with E-state index in [4.69, 9.17) is 4.74 Å². The van der Waals surface area contributed by atoms with Crippen LogP contribution in [0.4, 0.5) is 0 Å². The maximum atomic E-state index is 11.4. The lowest BCUT2D eigenvalue weighted by Crippen LogP contribution is -2.29. The highest BCUT2D eigenvalue weighted by molar-refractivity contribution is 9.10. The minimum absolute atomic E-state index is 0.0777. The molecule has 0 aliphatic rings. The number of pyridine rings is 1. The summed E-state index contributed by atoms with van der Waals surface area (Å²) in [5.74, 6) is 0. The van der Waals surface area contributed by atoms with Crippen LogP contribution in [0.15, 0.2) is 27.6 Å². The Kier molecular flexibility index (Phi) is 5.18. The van der Waals surface area contributed by atoms with Crippen LogP contribution < -0.4 is 5.56 Å². The van der Waals surface area contributed by atoms with Gasteiger partial charge >= 0.3 is 0 Å². The van der Waals surface area contributed by atoms with E-state index in [9.17, 15) is 9.90 Å². The number of rotatable bonds is 5. The van der Waals surface area contributed by atoms with Crippen molar-refractivity contribution in [2.75, 3.05) is 6.61 Å². The van der Waals surface area contributed by atoms with Gasteiger partial charge in [0.05, 0.1) is 25.4 Å². The molecule has 1 heterocycles. The predicted molar refractivity (Wildman–Crippen MR) is 65.5 cm³/mol. The minimum atomic E-state index is -0.672. The molecule has 16 heavy (non-hydrogen) atoms. The summed E-state index contributed by atoms with van der Waals surface area (Å²) in [4.78, 5) is 11.4. The van der Waals surface area contributed by atoms with Gasteiger partial charge in [-0.3, -0.25) is 4.79 Å². The molecule has 1 atom stereocenters. The summed E-state index contributed by atoms with van der Waals surface area (Å²) >= 11 is 3.28. The lowest BCUT2D eigenvalue weighted by molar-refractivity contribution is -0.00108. The maximum absolute atomic E-state index is 11.4. The number of ether oxygens (including phenoxy) is 1. The lowest BCUT2D eigenvalue weighted by atomic mass is 10.3. The smallest absolute Gasteiger partial charge is 0.250 e. The molecule has 1 unspecified atom stereocenters. The zero-order chi connectivity index (χ0) is 12.1. The van der Waals surface area contributed by atoms with Gasteiger partial charge in [0, 0.05) is 16.7 Å². The van der Waals surface area contributed by atoms with Gasteiger partial charge in [-0.05, 0) is 35.8 Å². The number of aliphatic hydroxyl groups is 1. The summed E-state index contributed by atoms with van der Waals surface area (Å²) in [6, 6.07) is 3.13. The summed E-state index contributed by atoms with van der Waals surface area (Å²) in [7, 11) is 0. The topological polar surface area (TPSA) is 51.5 Å². The fourth-order valence-electron chi connectivity index (χ4n) is 1.23. The molecule has 0 aliphatic carbocycles. The predicted octanol–water partition coefficient (Wildman–Crippen LogP) is 1.40. The molecule has 0 saturated carbocycles. The summed E-state index contributed by atoms with van der Waals surface area (Å²) < 4.78 is 7.53. The zero-order valence-corrected chi connectivity index (χ0v) is 11.0. The Morgan fingerprint density at radius 2 is 2.19 bits per heavy atom. The molecule has 5 heteroatoms. The van der Waals surface area contributed by atoms with Gasteiger partial charge in [0.2, 0.25) is 0 Å². The van der Waals surface area contributed by atoms with Gasteiger partial charge in [0.1, 0.15) is 0 Å². The first-order valence-corrected chi connectivity index (χ1v) is 5.94. The van der Waals surface area contributed by atoms with Gasteiger partial charge in [-0.25, -0.2) is 0 Å². The number of aromatic nitrogens is 1. The van der Waals surface area contributed by atoms with E-state index < -0.39 is 6.10 Å². The second-order valence-electron chi connectivity index (χ2n) is 3.87. The molecule has 0 aromatic carbocycles. The summed E-state index contributed by atoms with van der Waals surface area (Å²) in [6.07, 6.45) is 1.06. The van der Waals surface area contributed by atoms with Crippen molar-refractivity contribution >= 4 is 15.9 Å². The third kappa shape index (κ3) is 4.47. The van der Waals surface area contributed by atoms with Gasteiger partial charge in [-0.1, -0.05) is 0 Å². The molecule has 4 nitrogen and oxygen atoms in total. The largest absolute Gasteiger partial charge is 0.389 e. The van der Waals surface area contributed by atoms with Crippen LogP contribution in [-0.4, -0.2) is 28.5 Å². The second-order valence-corrected chi connectivity index (χ2v) is 4.79. The number of nitrogens with zero attached hydrogens (tertiary/aromatic N) is 1. The summed E-state index contributed by atoms with van der Waals surface area (Å²) in [5, 5.41) is 9.67. The number of halogens is 1. The molecule has 0 radical (unpaired) electrons. The molecule has 0 fully saturated rings. The van der Waals surface area contributed by atoms with Crippen LogP contribution in [0.25, 0.3) is 0 Å². The van der Waals surface area contributed by atoms with E-state index in [2.05, 4.69) is 15.9 Å². The molecule has 0 spiro atoms. The Morgan fingerprint density at radius 3 is 2.81 bits per heavy atom. The van der Waals surface area contributed by atoms with Gasteiger partial charge in [0.15, 0.2) is 0 Å². The van der Waals surface area contributed by atoms with Gasteiger partial charge in [0.25, 0.3) is 5.56 Å². The summed E-state index contributed by atoms with van der Waals surface area (Å²) in [6.45, 7) is 4.28. The lowest BCUT2D eigenvalue weighted by Gasteiger charge is -2.14. The highest BCUT2D eigenvalue weighted by Gasteiger charge is 2.07. The SMILES string of the molecule is CC(C)OCC(O)Cn1cc(Br)ccc1=O. The average molecular weight is 290 g/mol. The van der Waals surface area contributed by atoms with E-state index in [1.807, 2.05) is 13.8 Å². The molecule has 1 N–H and O–H groups in total. The van der Waals surface area contributed by atoms with E-state index in [0.29, 0.717) is 0 Å². The normalized spacial score (nSPS) is 13.1. The average Bonchev–Trinajstić information content (AvgIpc) is 2.20. The van der Waals surface area contributed by atoms with Gasteiger partial charge in [-0.2, -0.15) is 0 Å². The Balaban J connectivity index is 2.58. The Hall–Kier alpha value is -0.650. The minimum Gasteiger partial charge on any atom is -0.389 e. The van der Waals surface area contributed by atoms with E-state index in [0.717, 1.165) is 4.47 Å². The molecule has 0 amide bonds. The van der Waals surface area contributed by atoms with Crippen LogP contribution in [0, 0.1) is 0 Å². The van der Waals surface area contributed by atoms with Crippen LogP contribution in [0.2, 0.25) is 0 Å². The molecular weight excluding hydrogens is 274 g/mol. The molecule has 1 aromatic rings. The third-order valence-electron chi connectivity index (χ3n) is 1.98. The van der Waals surface area contributed by atoms with Crippen molar-refractivity contribution in [1.82, 2.24) is 4.57 Å². The number of aliphatic hydroxyl groups excluding tert-OH is 1. The number of hydrogen-bond acceptors (Lipinski definition) is 3. The second kappa shape index (κ2) is 6.18. The molecule has 0 aliphatic heterocycles. The summed E-state index contributed by atoms with van der Waals surface area (Å²) in [5.41, 5.74) is -0.133. The first kappa shape index (κ1) is 13.4. The van der Waals surface area contributed by atoms with Crippen molar-refractivity contribution in [3.05, 3.63) is 33.2 Å². The first-order chi connectivity index (χ1) is 7.49. The van der Waals surface area contributed by atoms with Crippen LogP contribution in [0.1, 0.15) is 13.8 Å². The molecule has 0 saturated heterocycles. The van der Waals surface area contributed by atoms with E-state index in [1.165, 1.54) is 10.6 Å². The van der Waals surface area contributed by atoms with Gasteiger partial charge < -0.3 is 14.4 Å². The van der Waals surface area contributed by atoms with Crippen LogP contribution in [0.5, 0.6) is 0 Å². The standard InChI is InChI=1S/C11H16BrNO3/c1-8(2)16-7-10(14)6-13-5-9(12)3-4-11(13)15/h3-5,8,10,14H,6-7H2,1-2H3. The Bertz CT molecular complexity index is 389. The zero-order valence-electron chi connectivity index (χ0n) is 9.39. The molecule has 0 bridgehead atoms. The van der Waals surface area contributed by atoms with Crippen molar-refractivity contribution < 1.29 is 9.84 Å². The van der Waals surface area contributed by atoms with E-state index in [1.54, 1.807) is 12.3 Å². The highest BCUT2D eigenvalue weighted by Crippen LogP contribution is 2.05. The van der Waals surface area contributed by atoms with Crippen molar-refractivity contribution in [1.29, 1.82) is 0 Å². The van der Waals surface area contributed by atoms with Crippen LogP contribution in [0.3, 0.4) is 0 Å². The van der Waals surface area contributed by atoms with Crippen LogP contribution >= 0.6 is 15.9 Å². The van der Waals surface area contributed by atoms with Crippen molar-refractivity contribution in [3.8, 4) is 0 Å². The van der Waals surface area contributed by atoms with Gasteiger partial charge in [-0.15, -0.1) is 0 Å². The highest BCUT2D eigenvalue weighted by atomic mass is 79.9. The van der Waals surface area contributed by atoms with Crippen LogP contribution in [-0.2, 0) is 11.3 Å². The first-order valence-electron chi connectivity index (χ1n) is 5.14. The van der Waals surface area contributed by atoms with Crippen molar-refractivity contribution in [3.63, 3.8) is 0 Å². The molecule has 1 rings (SSSR count).